The molecule has 1 heterocycles. The zero-order valence-corrected chi connectivity index (χ0v) is 26.6. The number of fused-ring (bicyclic) bond motifs is 3. The van der Waals surface area contributed by atoms with Crippen LogP contribution in [0.3, 0.4) is 0 Å². The molecule has 2 aromatic rings. The first-order chi connectivity index (χ1) is 21.2. The number of carbonyl (C=O) groups is 3. The number of hydrogen-bond donors (Lipinski definition) is 1. The fraction of sp³-hybridized carbons (Fsp3) is 0.571. The largest absolute Gasteiger partial charge is 0.479 e. The van der Waals surface area contributed by atoms with Gasteiger partial charge in [-0.2, -0.15) is 0 Å². The van der Waals surface area contributed by atoms with E-state index in [0.29, 0.717) is 19.3 Å². The first-order valence-corrected chi connectivity index (χ1v) is 15.9. The molecule has 0 spiro atoms. The number of nitrogens with zero attached hydrogens (tertiary/aromatic N) is 2. The zero-order valence-electron chi connectivity index (χ0n) is 26.6. The Balaban J connectivity index is 1.46. The van der Waals surface area contributed by atoms with E-state index in [9.17, 15) is 28.3 Å². The first-order valence-electron chi connectivity index (χ1n) is 15.9. The van der Waals surface area contributed by atoms with Crippen LogP contribution in [0.15, 0.2) is 48.5 Å². The summed E-state index contributed by atoms with van der Waals surface area (Å²) in [5, 5.41) is 10.8. The van der Waals surface area contributed by atoms with Gasteiger partial charge in [0.1, 0.15) is 12.2 Å². The summed E-state index contributed by atoms with van der Waals surface area (Å²) in [5.74, 6) is -4.67. The first kappa shape index (κ1) is 32.7. The van der Waals surface area contributed by atoms with Crippen molar-refractivity contribution in [1.82, 2.24) is 9.80 Å². The minimum absolute atomic E-state index is 0.0256. The minimum Gasteiger partial charge on any atom is -0.479 e. The van der Waals surface area contributed by atoms with Crippen LogP contribution in [0.25, 0.3) is 11.1 Å². The smallest absolute Gasteiger partial charge is 0.410 e. The molecule has 1 aliphatic heterocycles. The van der Waals surface area contributed by atoms with E-state index in [-0.39, 0.29) is 57.2 Å². The number of likely N-dealkylation sites (tertiary alicyclic amines) is 1. The summed E-state index contributed by atoms with van der Waals surface area (Å²) < 4.78 is 39.8. The summed E-state index contributed by atoms with van der Waals surface area (Å²) in [6.45, 7) is 6.83. The Labute approximate surface area is 263 Å². The maximum Gasteiger partial charge on any atom is 0.410 e. The molecule has 1 saturated heterocycles. The van der Waals surface area contributed by atoms with Crippen LogP contribution >= 0.6 is 0 Å². The van der Waals surface area contributed by atoms with E-state index in [1.54, 1.807) is 20.8 Å². The third kappa shape index (κ3) is 6.79. The van der Waals surface area contributed by atoms with E-state index < -0.39 is 41.3 Å². The molecular weight excluding hydrogens is 582 g/mol. The number of benzene rings is 2. The molecule has 5 rings (SSSR count). The predicted molar refractivity (Wildman–Crippen MR) is 165 cm³/mol. The number of carboxylic acids is 1. The minimum atomic E-state index is -2.78. The maximum atomic E-state index is 14.2. The molecule has 45 heavy (non-hydrogen) atoms. The fourth-order valence-corrected chi connectivity index (χ4v) is 7.16. The molecule has 2 amide bonds. The van der Waals surface area contributed by atoms with Crippen molar-refractivity contribution >= 4 is 18.2 Å². The standard InChI is InChI=1S/C35H44F2N2O6/c1-33(2,3)45-31(42)38-20-10-9-15-29(38)34(4,30(40)41)39(21-23-16-18-35(36,37)19-17-23)32(43)44-22-28-26-13-7-5-11-24(26)25-12-6-8-14-27(25)28/h5-8,11-14,23,28-29H,9-10,15-22H2,1-4H3,(H,40,41)/t29-,34?/m0/s1. The molecule has 2 aromatic carbocycles. The molecule has 2 atom stereocenters. The highest BCUT2D eigenvalue weighted by molar-refractivity contribution is 5.86. The maximum absolute atomic E-state index is 14.2. The molecule has 3 aliphatic rings. The molecule has 244 valence electrons. The summed E-state index contributed by atoms with van der Waals surface area (Å²) in [7, 11) is 0. The second-order valence-electron chi connectivity index (χ2n) is 13.9. The quantitative estimate of drug-likeness (QED) is 0.339. The van der Waals surface area contributed by atoms with Crippen LogP contribution in [0, 0.1) is 5.92 Å². The molecule has 8 nitrogen and oxygen atoms in total. The van der Waals surface area contributed by atoms with Gasteiger partial charge in [0.25, 0.3) is 0 Å². The topological polar surface area (TPSA) is 96.4 Å². The highest BCUT2D eigenvalue weighted by Crippen LogP contribution is 2.45. The number of aliphatic carboxylic acids is 1. The van der Waals surface area contributed by atoms with Crippen LogP contribution in [0.2, 0.25) is 0 Å². The molecule has 2 fully saturated rings. The lowest BCUT2D eigenvalue weighted by Gasteiger charge is -2.49. The van der Waals surface area contributed by atoms with Gasteiger partial charge in [0.05, 0.1) is 6.04 Å². The van der Waals surface area contributed by atoms with Gasteiger partial charge < -0.3 is 19.5 Å². The number of carboxylic acid groups (broad SMARTS) is 1. The second kappa shape index (κ2) is 12.6. The lowest BCUT2D eigenvalue weighted by Crippen LogP contribution is -2.69. The van der Waals surface area contributed by atoms with Crippen molar-refractivity contribution in [2.24, 2.45) is 5.92 Å². The van der Waals surface area contributed by atoms with E-state index in [1.165, 1.54) is 16.7 Å². The van der Waals surface area contributed by atoms with Crippen LogP contribution in [0.1, 0.15) is 89.7 Å². The highest BCUT2D eigenvalue weighted by Gasteiger charge is 2.54. The van der Waals surface area contributed by atoms with Gasteiger partial charge in [0.2, 0.25) is 5.92 Å². The van der Waals surface area contributed by atoms with Gasteiger partial charge in [-0.1, -0.05) is 48.5 Å². The molecule has 10 heteroatoms. The van der Waals surface area contributed by atoms with E-state index in [1.807, 2.05) is 48.5 Å². The number of piperidine rings is 1. The molecule has 1 N–H and O–H groups in total. The van der Waals surface area contributed by atoms with Gasteiger partial charge in [0.15, 0.2) is 5.54 Å². The third-order valence-corrected chi connectivity index (χ3v) is 9.61. The monoisotopic (exact) mass is 626 g/mol. The molecule has 2 aliphatic carbocycles. The Morgan fingerprint density at radius 3 is 2.07 bits per heavy atom. The molecule has 0 aromatic heterocycles. The predicted octanol–water partition coefficient (Wildman–Crippen LogP) is 7.70. The van der Waals surface area contributed by atoms with Crippen molar-refractivity contribution in [2.45, 2.75) is 102 Å². The molecular formula is C35H44F2N2O6. The average Bonchev–Trinajstić information content (AvgIpc) is 3.31. The van der Waals surface area contributed by atoms with Crippen LogP contribution in [0.5, 0.6) is 0 Å². The summed E-state index contributed by atoms with van der Waals surface area (Å²) in [5.41, 5.74) is 1.42. The summed E-state index contributed by atoms with van der Waals surface area (Å²) in [6.07, 6.45) is -0.196. The Kier molecular flexibility index (Phi) is 9.16. The van der Waals surface area contributed by atoms with Crippen LogP contribution in [-0.2, 0) is 14.3 Å². The van der Waals surface area contributed by atoms with E-state index in [2.05, 4.69) is 0 Å². The van der Waals surface area contributed by atoms with Crippen LogP contribution in [0.4, 0.5) is 18.4 Å². The molecule has 1 saturated carbocycles. The van der Waals surface area contributed by atoms with E-state index in [4.69, 9.17) is 9.47 Å². The van der Waals surface area contributed by atoms with Gasteiger partial charge in [-0.05, 0) is 88.0 Å². The van der Waals surface area contributed by atoms with Crippen molar-refractivity contribution in [3.8, 4) is 11.1 Å². The van der Waals surface area contributed by atoms with Crippen LogP contribution in [-0.4, -0.2) is 75.9 Å². The Morgan fingerprint density at radius 1 is 0.933 bits per heavy atom. The number of halogens is 2. The van der Waals surface area contributed by atoms with E-state index in [0.717, 1.165) is 22.3 Å². The molecule has 0 bridgehead atoms. The lowest BCUT2D eigenvalue weighted by atomic mass is 9.81. The second-order valence-corrected chi connectivity index (χ2v) is 13.9. The normalized spacial score (nSPS) is 21.3. The van der Waals surface area contributed by atoms with Gasteiger partial charge in [0, 0.05) is 31.8 Å². The zero-order chi connectivity index (χ0) is 32.6. The van der Waals surface area contributed by atoms with Crippen molar-refractivity contribution in [3.05, 3.63) is 59.7 Å². The third-order valence-electron chi connectivity index (χ3n) is 9.61. The van der Waals surface area contributed by atoms with Crippen molar-refractivity contribution in [3.63, 3.8) is 0 Å². The Bertz CT molecular complexity index is 1370. The number of carbonyl (C=O) groups excluding carboxylic acids is 2. The summed E-state index contributed by atoms with van der Waals surface area (Å²) >= 11 is 0. The highest BCUT2D eigenvalue weighted by atomic mass is 19.3. The molecule has 0 radical (unpaired) electrons. The lowest BCUT2D eigenvalue weighted by molar-refractivity contribution is -0.156. The Morgan fingerprint density at radius 2 is 1.51 bits per heavy atom. The van der Waals surface area contributed by atoms with E-state index >= 15 is 0 Å². The van der Waals surface area contributed by atoms with Gasteiger partial charge in [-0.25, -0.2) is 23.2 Å². The van der Waals surface area contributed by atoms with Crippen LogP contribution < -0.4 is 0 Å². The number of rotatable bonds is 7. The summed E-state index contributed by atoms with van der Waals surface area (Å²) in [6, 6.07) is 14.9. The number of alkyl halides is 2. The van der Waals surface area contributed by atoms with Gasteiger partial charge in [-0.3, -0.25) is 4.90 Å². The number of ether oxygens (including phenoxy) is 2. The number of amides is 2. The van der Waals surface area contributed by atoms with Gasteiger partial charge >= 0.3 is 18.2 Å². The average molecular weight is 627 g/mol. The fourth-order valence-electron chi connectivity index (χ4n) is 7.16. The van der Waals surface area contributed by atoms with Crippen molar-refractivity contribution in [2.75, 3.05) is 19.7 Å². The summed E-state index contributed by atoms with van der Waals surface area (Å²) in [4.78, 5) is 43.5. The SMILES string of the molecule is CC(C)(C)OC(=O)N1CCCC[C@H]1C(C)(C(=O)O)N(CC1CCC(F)(F)CC1)C(=O)OCC1c2ccccc2-c2ccccc21. The van der Waals surface area contributed by atoms with Gasteiger partial charge in [-0.15, -0.1) is 0 Å². The van der Waals surface area contributed by atoms with Crippen molar-refractivity contribution in [1.29, 1.82) is 0 Å². The Hall–Kier alpha value is -3.69. The van der Waals surface area contributed by atoms with Crippen molar-refractivity contribution < 1.29 is 37.7 Å². The number of hydrogen-bond acceptors (Lipinski definition) is 5. The molecule has 1 unspecified atom stereocenters.